The van der Waals surface area contributed by atoms with Crippen molar-refractivity contribution in [1.29, 1.82) is 0 Å². The number of fused-ring (bicyclic) bond motifs is 1. The Hall–Kier alpha value is -3.88. The van der Waals surface area contributed by atoms with Gasteiger partial charge in [-0.15, -0.1) is 0 Å². The molecule has 0 radical (unpaired) electrons. The number of nitrogens with one attached hydrogen (secondary N) is 3. The molecule has 0 aliphatic heterocycles. The fourth-order valence-corrected chi connectivity index (χ4v) is 3.74. The van der Waals surface area contributed by atoms with E-state index in [9.17, 15) is 14.4 Å². The molecule has 0 saturated heterocycles. The van der Waals surface area contributed by atoms with E-state index in [1.165, 1.54) is 18.2 Å². The molecule has 0 aliphatic carbocycles. The van der Waals surface area contributed by atoms with Crippen molar-refractivity contribution in [3.8, 4) is 5.69 Å². The smallest absolute Gasteiger partial charge is 0.253 e. The Morgan fingerprint density at radius 2 is 1.59 bits per heavy atom. The zero-order chi connectivity index (χ0) is 24.1. The molecule has 34 heavy (non-hydrogen) atoms. The van der Waals surface area contributed by atoms with Crippen molar-refractivity contribution in [2.75, 3.05) is 18.4 Å². The first-order chi connectivity index (χ1) is 16.4. The molecule has 4 aromatic rings. The van der Waals surface area contributed by atoms with E-state index in [-0.39, 0.29) is 23.7 Å². The first-order valence-corrected chi connectivity index (χ1v) is 11.0. The van der Waals surface area contributed by atoms with Gasteiger partial charge in [0, 0.05) is 16.4 Å². The summed E-state index contributed by atoms with van der Waals surface area (Å²) in [5.74, 6) is -1.44. The molecule has 0 spiro atoms. The molecule has 3 aromatic carbocycles. The number of rotatable bonds is 7. The quantitative estimate of drug-likeness (QED) is 0.362. The van der Waals surface area contributed by atoms with Crippen LogP contribution in [0.1, 0.15) is 10.4 Å². The summed E-state index contributed by atoms with van der Waals surface area (Å²) in [5, 5.41) is 8.19. The highest BCUT2D eigenvalue weighted by molar-refractivity contribution is 6.36. The van der Waals surface area contributed by atoms with Crippen LogP contribution in [-0.2, 0) is 9.59 Å². The molecule has 0 saturated carbocycles. The number of nitrogens with zero attached hydrogens (tertiary/aromatic N) is 2. The van der Waals surface area contributed by atoms with Gasteiger partial charge < -0.3 is 16.0 Å². The summed E-state index contributed by atoms with van der Waals surface area (Å²) in [7, 11) is 0. The van der Waals surface area contributed by atoms with Crippen LogP contribution in [0.2, 0.25) is 10.0 Å². The lowest BCUT2D eigenvalue weighted by Gasteiger charge is -2.10. The number of para-hydroxylation sites is 2. The molecule has 1 aromatic heterocycles. The lowest BCUT2D eigenvalue weighted by molar-refractivity contribution is -0.123. The molecule has 4 rings (SSSR count). The minimum Gasteiger partial charge on any atom is -0.345 e. The Morgan fingerprint density at radius 1 is 0.853 bits per heavy atom. The van der Waals surface area contributed by atoms with Gasteiger partial charge in [0.1, 0.15) is 6.33 Å². The number of imidazole rings is 1. The Kier molecular flexibility index (Phi) is 7.10. The van der Waals surface area contributed by atoms with E-state index in [0.29, 0.717) is 10.7 Å². The molecule has 3 amide bonds. The zero-order valence-electron chi connectivity index (χ0n) is 17.7. The standard InChI is InChI=1S/C24H19Cl2N5O3/c25-15-5-10-18(19(26)11-15)24(34)28-12-22(32)27-13-23(33)30-16-6-8-17(9-7-16)31-14-29-20-3-1-2-4-21(20)31/h1-11,14H,12-13H2,(H,27,32)(H,28,34)(H,30,33). The second-order valence-electron chi connectivity index (χ2n) is 7.28. The summed E-state index contributed by atoms with van der Waals surface area (Å²) < 4.78 is 1.95. The SMILES string of the molecule is O=C(CNC(=O)c1ccc(Cl)cc1Cl)NCC(=O)Nc1ccc(-n2cnc3ccccc32)cc1. The minimum absolute atomic E-state index is 0.178. The van der Waals surface area contributed by atoms with Gasteiger partial charge in [-0.25, -0.2) is 4.98 Å². The van der Waals surface area contributed by atoms with Crippen LogP contribution >= 0.6 is 23.2 Å². The Labute approximate surface area is 204 Å². The molecule has 0 aliphatic rings. The van der Waals surface area contributed by atoms with Crippen LogP contribution in [0.3, 0.4) is 0 Å². The third kappa shape index (κ3) is 5.54. The third-order valence-electron chi connectivity index (χ3n) is 4.91. The fraction of sp³-hybridized carbons (Fsp3) is 0.0833. The van der Waals surface area contributed by atoms with Crippen LogP contribution in [0, 0.1) is 0 Å². The largest absolute Gasteiger partial charge is 0.345 e. The molecule has 10 heteroatoms. The van der Waals surface area contributed by atoms with E-state index in [1.54, 1.807) is 18.5 Å². The molecule has 172 valence electrons. The lowest BCUT2D eigenvalue weighted by atomic mass is 10.2. The molecule has 0 bridgehead atoms. The summed E-state index contributed by atoms with van der Waals surface area (Å²) in [6.45, 7) is -0.553. The molecule has 1 heterocycles. The third-order valence-corrected chi connectivity index (χ3v) is 5.46. The van der Waals surface area contributed by atoms with Crippen LogP contribution in [0.25, 0.3) is 16.7 Å². The normalized spacial score (nSPS) is 10.6. The summed E-state index contributed by atoms with van der Waals surface area (Å²) in [5.41, 5.74) is 3.55. The van der Waals surface area contributed by atoms with Crippen molar-refractivity contribution in [3.63, 3.8) is 0 Å². The molecule has 3 N–H and O–H groups in total. The summed E-state index contributed by atoms with van der Waals surface area (Å²) in [6, 6.07) is 19.5. The second kappa shape index (κ2) is 10.4. The number of hydrogen-bond donors (Lipinski definition) is 3. The monoisotopic (exact) mass is 495 g/mol. The van der Waals surface area contributed by atoms with Gasteiger partial charge in [0.05, 0.1) is 34.7 Å². The van der Waals surface area contributed by atoms with Crippen molar-refractivity contribution in [2.24, 2.45) is 0 Å². The summed E-state index contributed by atoms with van der Waals surface area (Å²) >= 11 is 11.8. The second-order valence-corrected chi connectivity index (χ2v) is 8.13. The average Bonchev–Trinajstić information content (AvgIpc) is 3.26. The minimum atomic E-state index is -0.521. The van der Waals surface area contributed by atoms with E-state index in [1.807, 2.05) is 41.0 Å². The Morgan fingerprint density at radius 3 is 2.35 bits per heavy atom. The van der Waals surface area contributed by atoms with Gasteiger partial charge >= 0.3 is 0 Å². The van der Waals surface area contributed by atoms with Gasteiger partial charge in [0.2, 0.25) is 11.8 Å². The van der Waals surface area contributed by atoms with Crippen molar-refractivity contribution < 1.29 is 14.4 Å². The van der Waals surface area contributed by atoms with Crippen LogP contribution < -0.4 is 16.0 Å². The van der Waals surface area contributed by atoms with Crippen LogP contribution in [0.15, 0.2) is 73.1 Å². The van der Waals surface area contributed by atoms with Crippen molar-refractivity contribution >= 4 is 57.6 Å². The number of aromatic nitrogens is 2. The summed E-state index contributed by atoms with van der Waals surface area (Å²) in [4.78, 5) is 40.7. The number of carbonyl (C=O) groups excluding carboxylic acids is 3. The number of benzene rings is 3. The molecular formula is C24H19Cl2N5O3. The first kappa shape index (κ1) is 23.3. The van der Waals surface area contributed by atoms with Gasteiger partial charge in [0.25, 0.3) is 5.91 Å². The van der Waals surface area contributed by atoms with Gasteiger partial charge in [-0.2, -0.15) is 0 Å². The van der Waals surface area contributed by atoms with Crippen LogP contribution in [-0.4, -0.2) is 40.4 Å². The van der Waals surface area contributed by atoms with Crippen LogP contribution in [0.5, 0.6) is 0 Å². The van der Waals surface area contributed by atoms with Crippen molar-refractivity contribution in [1.82, 2.24) is 20.2 Å². The fourth-order valence-electron chi connectivity index (χ4n) is 3.25. The molecular weight excluding hydrogens is 477 g/mol. The Balaban J connectivity index is 1.25. The van der Waals surface area contributed by atoms with E-state index >= 15 is 0 Å². The zero-order valence-corrected chi connectivity index (χ0v) is 19.2. The topological polar surface area (TPSA) is 105 Å². The number of anilines is 1. The molecule has 0 unspecified atom stereocenters. The number of carbonyl (C=O) groups is 3. The maximum absolute atomic E-state index is 12.2. The van der Waals surface area contributed by atoms with Crippen molar-refractivity contribution in [2.45, 2.75) is 0 Å². The predicted molar refractivity (Wildman–Crippen MR) is 132 cm³/mol. The molecule has 0 atom stereocenters. The van der Waals surface area contributed by atoms with Crippen LogP contribution in [0.4, 0.5) is 5.69 Å². The average molecular weight is 496 g/mol. The maximum Gasteiger partial charge on any atom is 0.253 e. The highest BCUT2D eigenvalue weighted by Crippen LogP contribution is 2.21. The lowest BCUT2D eigenvalue weighted by Crippen LogP contribution is -2.40. The maximum atomic E-state index is 12.2. The Bertz CT molecular complexity index is 1370. The molecule has 0 fully saturated rings. The van der Waals surface area contributed by atoms with E-state index in [0.717, 1.165) is 16.7 Å². The summed E-state index contributed by atoms with van der Waals surface area (Å²) in [6.07, 6.45) is 1.74. The number of halogens is 2. The molecule has 8 nitrogen and oxygen atoms in total. The van der Waals surface area contributed by atoms with Gasteiger partial charge in [-0.1, -0.05) is 35.3 Å². The van der Waals surface area contributed by atoms with E-state index < -0.39 is 17.7 Å². The highest BCUT2D eigenvalue weighted by Gasteiger charge is 2.13. The predicted octanol–water partition coefficient (Wildman–Crippen LogP) is 3.82. The first-order valence-electron chi connectivity index (χ1n) is 10.2. The number of hydrogen-bond acceptors (Lipinski definition) is 4. The van der Waals surface area contributed by atoms with E-state index in [4.69, 9.17) is 23.2 Å². The van der Waals surface area contributed by atoms with Gasteiger partial charge in [-0.3, -0.25) is 19.0 Å². The highest BCUT2D eigenvalue weighted by atomic mass is 35.5. The van der Waals surface area contributed by atoms with E-state index in [2.05, 4.69) is 20.9 Å². The van der Waals surface area contributed by atoms with Gasteiger partial charge in [0.15, 0.2) is 0 Å². The number of amides is 3. The van der Waals surface area contributed by atoms with Crippen molar-refractivity contribution in [3.05, 3.63) is 88.7 Å². The van der Waals surface area contributed by atoms with Gasteiger partial charge in [-0.05, 0) is 54.6 Å².